The number of benzene rings is 1. The van der Waals surface area contributed by atoms with Gasteiger partial charge in [-0.25, -0.2) is 0 Å². The van der Waals surface area contributed by atoms with Crippen LogP contribution in [-0.2, 0) is 0 Å². The van der Waals surface area contributed by atoms with Crippen LogP contribution in [0.1, 0.15) is 24.9 Å². The van der Waals surface area contributed by atoms with Crippen LogP contribution in [-0.4, -0.2) is 31.1 Å². The molecule has 0 saturated carbocycles. The maximum atomic E-state index is 6.33. The summed E-state index contributed by atoms with van der Waals surface area (Å²) >= 11 is 12.3. The van der Waals surface area contributed by atoms with Crippen LogP contribution in [0.15, 0.2) is 18.2 Å². The third-order valence-electron chi connectivity index (χ3n) is 4.70. The van der Waals surface area contributed by atoms with E-state index in [2.05, 4.69) is 23.2 Å². The summed E-state index contributed by atoms with van der Waals surface area (Å²) in [6.45, 7) is 6.97. The molecule has 1 N–H and O–H groups in total. The van der Waals surface area contributed by atoms with Gasteiger partial charge in [-0.05, 0) is 62.5 Å². The van der Waals surface area contributed by atoms with E-state index in [9.17, 15) is 0 Å². The van der Waals surface area contributed by atoms with Crippen molar-refractivity contribution in [1.29, 1.82) is 0 Å². The smallest absolute Gasteiger partial charge is 0.0468 e. The first-order valence-electron chi connectivity index (χ1n) is 7.05. The van der Waals surface area contributed by atoms with E-state index < -0.39 is 0 Å². The van der Waals surface area contributed by atoms with Crippen molar-refractivity contribution in [2.24, 2.45) is 11.8 Å². The Hall–Kier alpha value is 0.01000. The molecule has 2 nitrogen and oxygen atoms in total. The number of likely N-dealkylation sites (tertiary alicyclic amines) is 1. The molecular formula is C15H21Cl3N2. The summed E-state index contributed by atoms with van der Waals surface area (Å²) in [6, 6.07) is 6.21. The minimum Gasteiger partial charge on any atom is -0.316 e. The first-order chi connectivity index (χ1) is 9.15. The quantitative estimate of drug-likeness (QED) is 0.878. The van der Waals surface area contributed by atoms with Crippen molar-refractivity contribution in [3.8, 4) is 0 Å². The zero-order valence-corrected chi connectivity index (χ0v) is 13.9. The number of rotatable bonds is 2. The van der Waals surface area contributed by atoms with Crippen molar-refractivity contribution in [1.82, 2.24) is 10.2 Å². The summed E-state index contributed by atoms with van der Waals surface area (Å²) in [5.74, 6) is 1.69. The van der Waals surface area contributed by atoms with Crippen LogP contribution in [0.25, 0.3) is 0 Å². The second-order valence-corrected chi connectivity index (χ2v) is 6.65. The van der Waals surface area contributed by atoms with Gasteiger partial charge in [-0.3, -0.25) is 4.90 Å². The number of halogens is 3. The summed E-state index contributed by atoms with van der Waals surface area (Å²) in [5.41, 5.74) is 1.19. The van der Waals surface area contributed by atoms with Gasteiger partial charge < -0.3 is 5.32 Å². The highest BCUT2D eigenvalue weighted by Gasteiger charge is 2.34. The highest BCUT2D eigenvalue weighted by Crippen LogP contribution is 2.34. The van der Waals surface area contributed by atoms with Crippen molar-refractivity contribution >= 4 is 35.6 Å². The van der Waals surface area contributed by atoms with Crippen LogP contribution in [0, 0.1) is 11.8 Å². The molecule has 2 saturated heterocycles. The van der Waals surface area contributed by atoms with Gasteiger partial charge in [0.25, 0.3) is 0 Å². The Balaban J connectivity index is 0.00000147. The van der Waals surface area contributed by atoms with Crippen molar-refractivity contribution in [3.63, 3.8) is 0 Å². The average Bonchev–Trinajstić information content (AvgIpc) is 2.85. The van der Waals surface area contributed by atoms with Gasteiger partial charge >= 0.3 is 0 Å². The topological polar surface area (TPSA) is 15.3 Å². The second kappa shape index (κ2) is 6.85. The van der Waals surface area contributed by atoms with Gasteiger partial charge in [0.2, 0.25) is 0 Å². The van der Waals surface area contributed by atoms with Crippen LogP contribution < -0.4 is 5.32 Å². The Kier molecular flexibility index (Phi) is 5.61. The molecule has 3 rings (SSSR count). The number of fused-ring (bicyclic) bond motifs is 1. The molecule has 0 spiro atoms. The Morgan fingerprint density at radius 1 is 1.25 bits per heavy atom. The lowest BCUT2D eigenvalue weighted by molar-refractivity contribution is 0.111. The van der Waals surface area contributed by atoms with E-state index in [0.717, 1.165) is 16.9 Å². The van der Waals surface area contributed by atoms with Crippen molar-refractivity contribution in [3.05, 3.63) is 33.8 Å². The van der Waals surface area contributed by atoms with E-state index in [1.807, 2.05) is 12.1 Å². The number of hydrogen-bond donors (Lipinski definition) is 1. The molecule has 112 valence electrons. The van der Waals surface area contributed by atoms with Crippen LogP contribution in [0.3, 0.4) is 0 Å². The third kappa shape index (κ3) is 3.26. The lowest BCUT2D eigenvalue weighted by atomic mass is 9.87. The maximum absolute atomic E-state index is 6.33. The molecule has 0 aliphatic carbocycles. The second-order valence-electron chi connectivity index (χ2n) is 5.80. The molecule has 0 aromatic heterocycles. The number of nitrogens with zero attached hydrogens (tertiary/aromatic N) is 1. The van der Waals surface area contributed by atoms with E-state index in [1.165, 1.54) is 38.2 Å². The Morgan fingerprint density at radius 3 is 2.75 bits per heavy atom. The first-order valence-corrected chi connectivity index (χ1v) is 7.80. The van der Waals surface area contributed by atoms with Crippen molar-refractivity contribution in [2.75, 3.05) is 26.2 Å². The molecule has 2 fully saturated rings. The summed E-state index contributed by atoms with van der Waals surface area (Å²) in [4.78, 5) is 2.56. The highest BCUT2D eigenvalue weighted by molar-refractivity contribution is 6.35. The summed E-state index contributed by atoms with van der Waals surface area (Å²) in [6.07, 6.45) is 1.30. The van der Waals surface area contributed by atoms with Gasteiger partial charge in [-0.15, -0.1) is 12.4 Å². The minimum absolute atomic E-state index is 0. The van der Waals surface area contributed by atoms with Gasteiger partial charge in [-0.1, -0.05) is 29.3 Å². The Bertz CT molecular complexity index is 466. The molecule has 2 aliphatic heterocycles. The predicted molar refractivity (Wildman–Crippen MR) is 88.2 cm³/mol. The predicted octanol–water partition coefficient (Wildman–Crippen LogP) is 4.02. The summed E-state index contributed by atoms with van der Waals surface area (Å²) in [5, 5.41) is 5.00. The number of hydrogen-bond acceptors (Lipinski definition) is 2. The van der Waals surface area contributed by atoms with Gasteiger partial charge in [0.1, 0.15) is 0 Å². The zero-order valence-electron chi connectivity index (χ0n) is 11.6. The number of nitrogens with one attached hydrogen (secondary N) is 1. The Morgan fingerprint density at radius 2 is 2.00 bits per heavy atom. The average molecular weight is 336 g/mol. The third-order valence-corrected chi connectivity index (χ3v) is 5.26. The molecule has 3 unspecified atom stereocenters. The van der Waals surface area contributed by atoms with Crippen LogP contribution >= 0.6 is 35.6 Å². The fraction of sp³-hybridized carbons (Fsp3) is 0.600. The van der Waals surface area contributed by atoms with Crippen molar-refractivity contribution in [2.45, 2.75) is 19.4 Å². The fourth-order valence-electron chi connectivity index (χ4n) is 3.45. The van der Waals surface area contributed by atoms with E-state index in [0.29, 0.717) is 11.1 Å². The first kappa shape index (κ1) is 16.4. The lowest BCUT2D eigenvalue weighted by Gasteiger charge is -2.38. The standard InChI is InChI=1S/C15H20Cl2N2.ClH/c1-10(14-3-2-13(16)6-15(14)17)19-5-4-11-7-18-8-12(11)9-19;/h2-3,6,10-12,18H,4-5,7-9H2,1H3;1H. The molecule has 0 radical (unpaired) electrons. The van der Waals surface area contributed by atoms with Crippen LogP contribution in [0.5, 0.6) is 0 Å². The van der Waals surface area contributed by atoms with E-state index in [1.54, 1.807) is 0 Å². The SMILES string of the molecule is CC(c1ccc(Cl)cc1Cl)N1CCC2CNCC2C1.Cl. The molecule has 5 heteroatoms. The van der Waals surface area contributed by atoms with E-state index in [4.69, 9.17) is 23.2 Å². The molecule has 3 atom stereocenters. The maximum Gasteiger partial charge on any atom is 0.0468 e. The molecule has 2 aliphatic rings. The normalized spacial score (nSPS) is 27.8. The monoisotopic (exact) mass is 334 g/mol. The largest absolute Gasteiger partial charge is 0.316 e. The molecule has 20 heavy (non-hydrogen) atoms. The number of piperidine rings is 1. The highest BCUT2D eigenvalue weighted by atomic mass is 35.5. The summed E-state index contributed by atoms with van der Waals surface area (Å²) < 4.78 is 0. The summed E-state index contributed by atoms with van der Waals surface area (Å²) in [7, 11) is 0. The van der Waals surface area contributed by atoms with Gasteiger partial charge in [0.15, 0.2) is 0 Å². The molecule has 2 heterocycles. The molecule has 1 aromatic carbocycles. The van der Waals surface area contributed by atoms with Crippen LogP contribution in [0.4, 0.5) is 0 Å². The molecule has 0 amide bonds. The Labute approximate surface area is 137 Å². The van der Waals surface area contributed by atoms with E-state index in [-0.39, 0.29) is 12.4 Å². The molecule has 0 bridgehead atoms. The molecular weight excluding hydrogens is 315 g/mol. The van der Waals surface area contributed by atoms with Gasteiger partial charge in [0, 0.05) is 22.6 Å². The van der Waals surface area contributed by atoms with Crippen LogP contribution in [0.2, 0.25) is 10.0 Å². The lowest BCUT2D eigenvalue weighted by Crippen LogP contribution is -2.41. The fourth-order valence-corrected chi connectivity index (χ4v) is 4.02. The van der Waals surface area contributed by atoms with Crippen molar-refractivity contribution < 1.29 is 0 Å². The van der Waals surface area contributed by atoms with Gasteiger partial charge in [0.05, 0.1) is 0 Å². The van der Waals surface area contributed by atoms with E-state index >= 15 is 0 Å². The van der Waals surface area contributed by atoms with Gasteiger partial charge in [-0.2, -0.15) is 0 Å². The molecule has 1 aromatic rings. The zero-order chi connectivity index (χ0) is 13.4. The minimum atomic E-state index is 0.